The maximum atomic E-state index is 11.8. The molecular weight excluding hydrogens is 236 g/mol. The van der Waals surface area contributed by atoms with E-state index in [9.17, 15) is 9.59 Å². The number of hydrogen-bond donors (Lipinski definition) is 1. The van der Waals surface area contributed by atoms with Crippen LogP contribution in [0.1, 0.15) is 19.3 Å². The van der Waals surface area contributed by atoms with Crippen molar-refractivity contribution in [1.82, 2.24) is 0 Å². The zero-order valence-corrected chi connectivity index (χ0v) is 10.2. The molecule has 4 heteroatoms. The normalized spacial score (nSPS) is 24.6. The summed E-state index contributed by atoms with van der Waals surface area (Å²) in [6, 6.07) is 9.76. The average molecular weight is 250 g/mol. The summed E-state index contributed by atoms with van der Waals surface area (Å²) in [7, 11) is 0. The summed E-state index contributed by atoms with van der Waals surface area (Å²) in [6.45, 7) is 0. The Balaban J connectivity index is 1.96. The Hall–Kier alpha value is -1.29. The molecule has 1 aliphatic carbocycles. The van der Waals surface area contributed by atoms with Gasteiger partial charge in [-0.15, -0.1) is 11.8 Å². The predicted molar refractivity (Wildman–Crippen MR) is 66.1 cm³/mol. The Morgan fingerprint density at radius 3 is 2.53 bits per heavy atom. The van der Waals surface area contributed by atoms with E-state index in [1.807, 2.05) is 30.3 Å². The molecule has 0 bridgehead atoms. The highest BCUT2D eigenvalue weighted by molar-refractivity contribution is 8.00. The van der Waals surface area contributed by atoms with Crippen molar-refractivity contribution in [2.75, 3.05) is 0 Å². The first-order valence-corrected chi connectivity index (χ1v) is 6.52. The minimum Gasteiger partial charge on any atom is -0.481 e. The molecule has 1 aliphatic rings. The van der Waals surface area contributed by atoms with Crippen molar-refractivity contribution in [3.63, 3.8) is 0 Å². The third-order valence-corrected chi connectivity index (χ3v) is 4.28. The summed E-state index contributed by atoms with van der Waals surface area (Å²) >= 11 is 1.54. The first-order valence-electron chi connectivity index (χ1n) is 5.64. The van der Waals surface area contributed by atoms with Gasteiger partial charge in [0.1, 0.15) is 5.78 Å². The van der Waals surface area contributed by atoms with E-state index in [0.29, 0.717) is 12.8 Å². The van der Waals surface area contributed by atoms with Gasteiger partial charge in [0.2, 0.25) is 0 Å². The van der Waals surface area contributed by atoms with Crippen molar-refractivity contribution < 1.29 is 14.7 Å². The van der Waals surface area contributed by atoms with Crippen LogP contribution in [0.25, 0.3) is 0 Å². The summed E-state index contributed by atoms with van der Waals surface area (Å²) in [4.78, 5) is 23.7. The average Bonchev–Trinajstić information content (AvgIpc) is 2.33. The Bertz CT molecular complexity index is 416. The summed E-state index contributed by atoms with van der Waals surface area (Å²) in [6.07, 6.45) is 1.45. The van der Waals surface area contributed by atoms with Crippen molar-refractivity contribution in [3.8, 4) is 0 Å². The van der Waals surface area contributed by atoms with Crippen LogP contribution in [-0.2, 0) is 9.59 Å². The molecule has 2 atom stereocenters. The van der Waals surface area contributed by atoms with Crippen molar-refractivity contribution in [3.05, 3.63) is 30.3 Å². The van der Waals surface area contributed by atoms with Gasteiger partial charge in [0.25, 0.3) is 0 Å². The number of hydrogen-bond acceptors (Lipinski definition) is 3. The monoisotopic (exact) mass is 250 g/mol. The smallest absolute Gasteiger partial charge is 0.306 e. The van der Waals surface area contributed by atoms with E-state index in [1.165, 1.54) is 0 Å². The van der Waals surface area contributed by atoms with Crippen molar-refractivity contribution in [2.24, 2.45) is 5.92 Å². The van der Waals surface area contributed by atoms with Gasteiger partial charge >= 0.3 is 5.97 Å². The van der Waals surface area contributed by atoms with Gasteiger partial charge in [-0.1, -0.05) is 18.2 Å². The molecule has 17 heavy (non-hydrogen) atoms. The van der Waals surface area contributed by atoms with Crippen LogP contribution in [0.2, 0.25) is 0 Å². The van der Waals surface area contributed by atoms with Gasteiger partial charge < -0.3 is 5.11 Å². The fraction of sp³-hybridized carbons (Fsp3) is 0.385. The van der Waals surface area contributed by atoms with Crippen molar-refractivity contribution in [1.29, 1.82) is 0 Å². The van der Waals surface area contributed by atoms with Crippen LogP contribution in [0.5, 0.6) is 0 Å². The molecular formula is C13H14O3S. The Morgan fingerprint density at radius 2 is 1.94 bits per heavy atom. The minimum absolute atomic E-state index is 0.0671. The molecule has 1 aromatic rings. The topological polar surface area (TPSA) is 54.4 Å². The standard InChI is InChI=1S/C13H14O3S/c14-11-8-9(13(15)16)6-7-12(11)17-10-4-2-1-3-5-10/h1-5,9,12H,6-8H2,(H,15,16). The van der Waals surface area contributed by atoms with E-state index in [2.05, 4.69) is 0 Å². The summed E-state index contributed by atoms with van der Waals surface area (Å²) in [5.41, 5.74) is 0. The van der Waals surface area contributed by atoms with Gasteiger partial charge in [-0.2, -0.15) is 0 Å². The molecule has 0 heterocycles. The first-order chi connectivity index (χ1) is 8.16. The summed E-state index contributed by atoms with van der Waals surface area (Å²) < 4.78 is 0. The number of carbonyl (C=O) groups excluding carboxylic acids is 1. The molecule has 90 valence electrons. The molecule has 0 radical (unpaired) electrons. The summed E-state index contributed by atoms with van der Waals surface area (Å²) in [5.74, 6) is -1.26. The Kier molecular flexibility index (Phi) is 3.84. The Labute approximate surface area is 104 Å². The number of aliphatic carboxylic acids is 1. The van der Waals surface area contributed by atoms with Crippen molar-refractivity contribution >= 4 is 23.5 Å². The highest BCUT2D eigenvalue weighted by atomic mass is 32.2. The number of thioether (sulfide) groups is 1. The Morgan fingerprint density at radius 1 is 1.24 bits per heavy atom. The van der Waals surface area contributed by atoms with Crippen LogP contribution >= 0.6 is 11.8 Å². The zero-order chi connectivity index (χ0) is 12.3. The van der Waals surface area contributed by atoms with E-state index >= 15 is 0 Å². The lowest BCUT2D eigenvalue weighted by Gasteiger charge is -2.24. The number of ketones is 1. The number of carboxylic acids is 1. The molecule has 1 N–H and O–H groups in total. The molecule has 1 fully saturated rings. The molecule has 1 saturated carbocycles. The van der Waals surface area contributed by atoms with Crippen LogP contribution in [0.15, 0.2) is 35.2 Å². The van der Waals surface area contributed by atoms with Crippen LogP contribution in [0.3, 0.4) is 0 Å². The first kappa shape index (κ1) is 12.2. The highest BCUT2D eigenvalue weighted by Gasteiger charge is 2.32. The van der Waals surface area contributed by atoms with E-state index < -0.39 is 11.9 Å². The van der Waals surface area contributed by atoms with E-state index in [0.717, 1.165) is 4.90 Å². The number of Topliss-reactive ketones (excluding diaryl/α,β-unsaturated/α-hetero) is 1. The summed E-state index contributed by atoms with van der Waals surface area (Å²) in [5, 5.41) is 8.80. The highest BCUT2D eigenvalue weighted by Crippen LogP contribution is 2.33. The van der Waals surface area contributed by atoms with Gasteiger partial charge in [0, 0.05) is 11.3 Å². The third-order valence-electron chi connectivity index (χ3n) is 2.95. The third kappa shape index (κ3) is 3.09. The quantitative estimate of drug-likeness (QED) is 0.896. The van der Waals surface area contributed by atoms with Gasteiger partial charge in [-0.3, -0.25) is 9.59 Å². The fourth-order valence-electron chi connectivity index (χ4n) is 1.99. The lowest BCUT2D eigenvalue weighted by molar-refractivity contribution is -0.145. The van der Waals surface area contributed by atoms with Crippen LogP contribution in [0.4, 0.5) is 0 Å². The van der Waals surface area contributed by atoms with Crippen molar-refractivity contribution in [2.45, 2.75) is 29.4 Å². The number of carbonyl (C=O) groups is 2. The molecule has 3 nitrogen and oxygen atoms in total. The lowest BCUT2D eigenvalue weighted by Crippen LogP contribution is -2.30. The maximum Gasteiger partial charge on any atom is 0.306 e. The minimum atomic E-state index is -0.846. The molecule has 2 unspecified atom stereocenters. The van der Waals surface area contributed by atoms with E-state index in [4.69, 9.17) is 5.11 Å². The lowest BCUT2D eigenvalue weighted by atomic mass is 9.88. The second kappa shape index (κ2) is 5.36. The fourth-order valence-corrected chi connectivity index (χ4v) is 3.11. The molecule has 0 aliphatic heterocycles. The van der Waals surface area contributed by atoms with E-state index in [-0.39, 0.29) is 17.5 Å². The zero-order valence-electron chi connectivity index (χ0n) is 9.33. The van der Waals surface area contributed by atoms with Crippen LogP contribution in [-0.4, -0.2) is 22.1 Å². The largest absolute Gasteiger partial charge is 0.481 e. The molecule has 2 rings (SSSR count). The van der Waals surface area contributed by atoms with Gasteiger partial charge in [-0.25, -0.2) is 0 Å². The molecule has 1 aromatic carbocycles. The van der Waals surface area contributed by atoms with Crippen LogP contribution in [0, 0.1) is 5.92 Å². The van der Waals surface area contributed by atoms with Gasteiger partial charge in [-0.05, 0) is 25.0 Å². The SMILES string of the molecule is O=C(O)C1CCC(Sc2ccccc2)C(=O)C1. The van der Waals surface area contributed by atoms with Crippen LogP contribution < -0.4 is 0 Å². The van der Waals surface area contributed by atoms with E-state index in [1.54, 1.807) is 11.8 Å². The maximum absolute atomic E-state index is 11.8. The second-order valence-corrected chi connectivity index (χ2v) is 5.48. The molecule has 0 saturated heterocycles. The molecule has 0 spiro atoms. The second-order valence-electron chi connectivity index (χ2n) is 4.20. The van der Waals surface area contributed by atoms with Gasteiger partial charge in [0.15, 0.2) is 0 Å². The molecule has 0 amide bonds. The van der Waals surface area contributed by atoms with Gasteiger partial charge in [0.05, 0.1) is 11.2 Å². The predicted octanol–water partition coefficient (Wildman–Crippen LogP) is 2.60. The number of carboxylic acid groups (broad SMARTS) is 1. The molecule has 0 aromatic heterocycles. The number of rotatable bonds is 3. The number of benzene rings is 1.